The number of aromatic amines is 1. The van der Waals surface area contributed by atoms with Gasteiger partial charge in [0.15, 0.2) is 0 Å². The van der Waals surface area contributed by atoms with Gasteiger partial charge in [-0.25, -0.2) is 4.98 Å². The molecule has 0 saturated heterocycles. The van der Waals surface area contributed by atoms with E-state index in [4.69, 9.17) is 0 Å². The van der Waals surface area contributed by atoms with E-state index >= 15 is 0 Å². The zero-order valence-electron chi connectivity index (χ0n) is 10.5. The third-order valence-corrected chi connectivity index (χ3v) is 3.37. The van der Waals surface area contributed by atoms with Crippen molar-refractivity contribution >= 4 is 15.9 Å². The van der Waals surface area contributed by atoms with Crippen LogP contribution in [0.3, 0.4) is 0 Å². The van der Waals surface area contributed by atoms with Gasteiger partial charge in [0, 0.05) is 16.9 Å². The Hall–Kier alpha value is -1.13. The fourth-order valence-corrected chi connectivity index (χ4v) is 2.17. The van der Waals surface area contributed by atoms with Crippen LogP contribution in [0.1, 0.15) is 30.8 Å². The molecule has 0 aliphatic rings. The van der Waals surface area contributed by atoms with Crippen LogP contribution in [-0.2, 0) is 6.42 Å². The summed E-state index contributed by atoms with van der Waals surface area (Å²) in [7, 11) is 0. The minimum atomic E-state index is 0.251. The average molecular weight is 308 g/mol. The Balaban J connectivity index is 2.07. The summed E-state index contributed by atoms with van der Waals surface area (Å²) in [6.45, 7) is 3.17. The Morgan fingerprint density at radius 1 is 1.33 bits per heavy atom. The van der Waals surface area contributed by atoms with Crippen LogP contribution in [0, 0.1) is 0 Å². The molecule has 96 valence electrons. The number of nitrogens with one attached hydrogen (secondary N) is 2. The minimum Gasteiger partial charge on any atom is -0.347 e. The van der Waals surface area contributed by atoms with Gasteiger partial charge in [-0.2, -0.15) is 0 Å². The van der Waals surface area contributed by atoms with Crippen LogP contribution in [-0.4, -0.2) is 16.5 Å². The molecule has 0 fully saturated rings. The van der Waals surface area contributed by atoms with E-state index in [9.17, 15) is 0 Å². The van der Waals surface area contributed by atoms with Gasteiger partial charge >= 0.3 is 0 Å². The van der Waals surface area contributed by atoms with E-state index in [1.807, 2.05) is 6.20 Å². The van der Waals surface area contributed by atoms with E-state index < -0.39 is 0 Å². The number of hydrogen-bond acceptors (Lipinski definition) is 2. The number of benzene rings is 1. The molecule has 1 aromatic carbocycles. The fourth-order valence-electron chi connectivity index (χ4n) is 1.91. The zero-order valence-corrected chi connectivity index (χ0v) is 12.1. The summed E-state index contributed by atoms with van der Waals surface area (Å²) in [6, 6.07) is 8.70. The van der Waals surface area contributed by atoms with Gasteiger partial charge in [0.25, 0.3) is 0 Å². The van der Waals surface area contributed by atoms with E-state index in [0.29, 0.717) is 0 Å². The molecule has 1 heterocycles. The van der Waals surface area contributed by atoms with E-state index in [2.05, 4.69) is 62.4 Å². The Bertz CT molecular complexity index is 450. The molecule has 1 aromatic heterocycles. The highest BCUT2D eigenvalue weighted by Gasteiger charge is 2.13. The molecular formula is C14H18BrN3. The predicted octanol–water partition coefficient (Wildman–Crippen LogP) is 3.46. The summed E-state index contributed by atoms with van der Waals surface area (Å²) in [6.07, 6.45) is 5.74. The second kappa shape index (κ2) is 6.71. The van der Waals surface area contributed by atoms with Crippen LogP contribution in [0.2, 0.25) is 0 Å². The van der Waals surface area contributed by atoms with Crippen molar-refractivity contribution in [1.29, 1.82) is 0 Å². The molecule has 1 unspecified atom stereocenters. The van der Waals surface area contributed by atoms with E-state index in [0.717, 1.165) is 29.7 Å². The van der Waals surface area contributed by atoms with Crippen molar-refractivity contribution in [3.05, 3.63) is 52.5 Å². The molecule has 18 heavy (non-hydrogen) atoms. The van der Waals surface area contributed by atoms with E-state index in [1.165, 1.54) is 5.56 Å². The SMILES string of the molecule is CCCNC(Cc1ccc(Br)cc1)c1ncc[nH]1. The van der Waals surface area contributed by atoms with Crippen LogP contribution in [0.15, 0.2) is 41.1 Å². The standard InChI is InChI=1S/C14H18BrN3/c1-2-7-16-13(14-17-8-9-18-14)10-11-3-5-12(15)6-4-11/h3-6,8-9,13,16H,2,7,10H2,1H3,(H,17,18). The smallest absolute Gasteiger partial charge is 0.123 e. The minimum absolute atomic E-state index is 0.251. The first-order valence-electron chi connectivity index (χ1n) is 6.26. The topological polar surface area (TPSA) is 40.7 Å². The van der Waals surface area contributed by atoms with Crippen LogP contribution in [0.4, 0.5) is 0 Å². The van der Waals surface area contributed by atoms with Crippen LogP contribution in [0.5, 0.6) is 0 Å². The average Bonchev–Trinajstić information content (AvgIpc) is 2.90. The number of nitrogens with zero attached hydrogens (tertiary/aromatic N) is 1. The maximum atomic E-state index is 4.36. The highest BCUT2D eigenvalue weighted by atomic mass is 79.9. The summed E-state index contributed by atoms with van der Waals surface area (Å²) in [5.74, 6) is 1.01. The van der Waals surface area contributed by atoms with Crippen molar-refractivity contribution in [2.24, 2.45) is 0 Å². The second-order valence-electron chi connectivity index (χ2n) is 4.31. The van der Waals surface area contributed by atoms with Crippen LogP contribution in [0.25, 0.3) is 0 Å². The molecule has 0 bridgehead atoms. The normalized spacial score (nSPS) is 12.6. The molecule has 1 atom stereocenters. The first-order chi connectivity index (χ1) is 8.79. The lowest BCUT2D eigenvalue weighted by Crippen LogP contribution is -2.25. The number of imidazole rings is 1. The van der Waals surface area contributed by atoms with Gasteiger partial charge in [0.05, 0.1) is 6.04 Å². The third-order valence-electron chi connectivity index (χ3n) is 2.84. The molecule has 2 aromatic rings. The van der Waals surface area contributed by atoms with Gasteiger partial charge in [0.2, 0.25) is 0 Å². The number of rotatable bonds is 6. The van der Waals surface area contributed by atoms with Gasteiger partial charge in [-0.15, -0.1) is 0 Å². The zero-order chi connectivity index (χ0) is 12.8. The fraction of sp³-hybridized carbons (Fsp3) is 0.357. The molecule has 0 spiro atoms. The van der Waals surface area contributed by atoms with Crippen LogP contribution >= 0.6 is 15.9 Å². The molecule has 4 heteroatoms. The molecular weight excluding hydrogens is 290 g/mol. The van der Waals surface area contributed by atoms with Crippen molar-refractivity contribution in [2.45, 2.75) is 25.8 Å². The Morgan fingerprint density at radius 3 is 2.72 bits per heavy atom. The van der Waals surface area contributed by atoms with Gasteiger partial charge in [-0.05, 0) is 37.1 Å². The highest BCUT2D eigenvalue weighted by molar-refractivity contribution is 9.10. The van der Waals surface area contributed by atoms with Crippen molar-refractivity contribution in [3.63, 3.8) is 0 Å². The molecule has 0 aliphatic carbocycles. The van der Waals surface area contributed by atoms with Gasteiger partial charge in [-0.1, -0.05) is 35.0 Å². The first kappa shape index (κ1) is 13.3. The third kappa shape index (κ3) is 3.68. The molecule has 2 N–H and O–H groups in total. The number of aromatic nitrogens is 2. The Morgan fingerprint density at radius 2 is 2.11 bits per heavy atom. The largest absolute Gasteiger partial charge is 0.347 e. The van der Waals surface area contributed by atoms with Crippen molar-refractivity contribution < 1.29 is 0 Å². The van der Waals surface area contributed by atoms with Crippen molar-refractivity contribution in [1.82, 2.24) is 15.3 Å². The van der Waals surface area contributed by atoms with Gasteiger partial charge in [-0.3, -0.25) is 0 Å². The van der Waals surface area contributed by atoms with E-state index in [-0.39, 0.29) is 6.04 Å². The second-order valence-corrected chi connectivity index (χ2v) is 5.23. The molecule has 3 nitrogen and oxygen atoms in total. The number of H-pyrrole nitrogens is 1. The highest BCUT2D eigenvalue weighted by Crippen LogP contribution is 2.17. The molecule has 0 saturated carbocycles. The molecule has 0 radical (unpaired) electrons. The lowest BCUT2D eigenvalue weighted by molar-refractivity contribution is 0.508. The molecule has 0 amide bonds. The van der Waals surface area contributed by atoms with Crippen LogP contribution < -0.4 is 5.32 Å². The predicted molar refractivity (Wildman–Crippen MR) is 77.5 cm³/mol. The Kier molecular flexibility index (Phi) is 4.96. The first-order valence-corrected chi connectivity index (χ1v) is 7.06. The lowest BCUT2D eigenvalue weighted by Gasteiger charge is -2.16. The summed E-state index contributed by atoms with van der Waals surface area (Å²) >= 11 is 3.46. The molecule has 2 rings (SSSR count). The summed E-state index contributed by atoms with van der Waals surface area (Å²) < 4.78 is 1.11. The number of hydrogen-bond donors (Lipinski definition) is 2. The summed E-state index contributed by atoms with van der Waals surface area (Å²) in [4.78, 5) is 7.55. The maximum Gasteiger partial charge on any atom is 0.123 e. The quantitative estimate of drug-likeness (QED) is 0.858. The van der Waals surface area contributed by atoms with Crippen molar-refractivity contribution in [2.75, 3.05) is 6.54 Å². The Labute approximate surface area is 116 Å². The lowest BCUT2D eigenvalue weighted by atomic mass is 10.1. The number of halogens is 1. The van der Waals surface area contributed by atoms with Gasteiger partial charge < -0.3 is 10.3 Å². The summed E-state index contributed by atoms with van der Waals surface area (Å²) in [5.41, 5.74) is 1.31. The summed E-state index contributed by atoms with van der Waals surface area (Å²) in [5, 5.41) is 3.53. The monoisotopic (exact) mass is 307 g/mol. The maximum absolute atomic E-state index is 4.36. The van der Waals surface area contributed by atoms with E-state index in [1.54, 1.807) is 6.20 Å². The van der Waals surface area contributed by atoms with Gasteiger partial charge in [0.1, 0.15) is 5.82 Å². The van der Waals surface area contributed by atoms with Crippen molar-refractivity contribution in [3.8, 4) is 0 Å². The molecule has 0 aliphatic heterocycles.